The second-order valence-corrected chi connectivity index (χ2v) is 4.26. The fourth-order valence-electron chi connectivity index (χ4n) is 1.77. The minimum Gasteiger partial charge on any atom is -0.192 e. The predicted molar refractivity (Wildman–Crippen MR) is 66.6 cm³/mol. The Labute approximate surface area is 112 Å². The molecular weight excluding hydrogens is 275 g/mol. The van der Waals surface area contributed by atoms with E-state index >= 15 is 0 Å². The van der Waals surface area contributed by atoms with E-state index in [2.05, 4.69) is 0 Å². The Morgan fingerprint density at radius 3 is 2.26 bits per heavy atom. The van der Waals surface area contributed by atoms with E-state index in [1.54, 1.807) is 0 Å². The average Bonchev–Trinajstić information content (AvgIpc) is 2.37. The summed E-state index contributed by atoms with van der Waals surface area (Å²) in [6.45, 7) is 0. The maximum Gasteiger partial charge on any atom is 0.417 e. The zero-order valence-corrected chi connectivity index (χ0v) is 10.3. The van der Waals surface area contributed by atoms with Crippen LogP contribution in [-0.2, 0) is 6.18 Å². The van der Waals surface area contributed by atoms with Gasteiger partial charge in [0.05, 0.1) is 17.2 Å². The van der Waals surface area contributed by atoms with Crippen LogP contribution in [0.25, 0.3) is 11.1 Å². The number of hydrogen-bond acceptors (Lipinski definition) is 1. The molecule has 0 saturated carbocycles. The molecule has 0 aromatic heterocycles. The highest BCUT2D eigenvalue weighted by molar-refractivity contribution is 6.33. The van der Waals surface area contributed by atoms with E-state index in [-0.39, 0.29) is 16.1 Å². The standard InChI is InChI=1S/C14H7ClF3N/c15-13-7-9(8-19)5-6-11(13)10-3-1-2-4-12(10)14(16,17)18/h1-7H. The molecule has 2 rings (SSSR count). The first-order chi connectivity index (χ1) is 8.93. The Balaban J connectivity index is 2.64. The highest BCUT2D eigenvalue weighted by atomic mass is 35.5. The lowest BCUT2D eigenvalue weighted by molar-refractivity contribution is -0.137. The number of alkyl halides is 3. The molecule has 0 atom stereocenters. The number of nitriles is 1. The van der Waals surface area contributed by atoms with Crippen LogP contribution in [0.5, 0.6) is 0 Å². The van der Waals surface area contributed by atoms with Gasteiger partial charge >= 0.3 is 6.18 Å². The molecule has 0 N–H and O–H groups in total. The monoisotopic (exact) mass is 281 g/mol. The van der Waals surface area contributed by atoms with Gasteiger partial charge in [0, 0.05) is 10.6 Å². The van der Waals surface area contributed by atoms with Gasteiger partial charge in [-0.05, 0) is 23.8 Å². The first kappa shape index (κ1) is 13.4. The molecule has 0 radical (unpaired) electrons. The third-order valence-electron chi connectivity index (χ3n) is 2.62. The topological polar surface area (TPSA) is 23.8 Å². The van der Waals surface area contributed by atoms with Crippen LogP contribution in [0.4, 0.5) is 13.2 Å². The Morgan fingerprint density at radius 2 is 1.68 bits per heavy atom. The summed E-state index contributed by atoms with van der Waals surface area (Å²) in [6.07, 6.45) is -4.45. The number of benzene rings is 2. The first-order valence-electron chi connectivity index (χ1n) is 5.29. The van der Waals surface area contributed by atoms with Gasteiger partial charge in [-0.3, -0.25) is 0 Å². The lowest BCUT2D eigenvalue weighted by Gasteiger charge is -2.13. The maximum absolute atomic E-state index is 12.9. The smallest absolute Gasteiger partial charge is 0.192 e. The molecule has 2 aromatic rings. The second kappa shape index (κ2) is 4.94. The molecule has 5 heteroatoms. The van der Waals surface area contributed by atoms with Gasteiger partial charge in [-0.2, -0.15) is 18.4 Å². The average molecular weight is 282 g/mol. The van der Waals surface area contributed by atoms with Crippen molar-refractivity contribution in [2.45, 2.75) is 6.18 Å². The summed E-state index contributed by atoms with van der Waals surface area (Å²) in [5, 5.41) is 8.84. The van der Waals surface area contributed by atoms with E-state index < -0.39 is 11.7 Å². The summed E-state index contributed by atoms with van der Waals surface area (Å²) in [5.41, 5.74) is -0.182. The summed E-state index contributed by atoms with van der Waals surface area (Å²) in [4.78, 5) is 0. The van der Waals surface area contributed by atoms with Crippen LogP contribution in [0.15, 0.2) is 42.5 Å². The van der Waals surface area contributed by atoms with Crippen molar-refractivity contribution in [1.82, 2.24) is 0 Å². The summed E-state index contributed by atoms with van der Waals surface area (Å²) in [7, 11) is 0. The molecule has 0 aliphatic heterocycles. The molecular formula is C14H7ClF3N. The lowest BCUT2D eigenvalue weighted by Crippen LogP contribution is -2.07. The minimum atomic E-state index is -4.45. The van der Waals surface area contributed by atoms with Crippen molar-refractivity contribution >= 4 is 11.6 Å². The number of hydrogen-bond donors (Lipinski definition) is 0. The highest BCUT2D eigenvalue weighted by Crippen LogP contribution is 2.39. The van der Waals surface area contributed by atoms with Crippen molar-refractivity contribution in [3.05, 3.63) is 58.6 Å². The fraction of sp³-hybridized carbons (Fsp3) is 0.0714. The summed E-state index contributed by atoms with van der Waals surface area (Å²) >= 11 is 5.95. The van der Waals surface area contributed by atoms with Gasteiger partial charge in [-0.15, -0.1) is 0 Å². The van der Waals surface area contributed by atoms with Crippen LogP contribution >= 0.6 is 11.6 Å². The second-order valence-electron chi connectivity index (χ2n) is 3.85. The SMILES string of the molecule is N#Cc1ccc(-c2ccccc2C(F)(F)F)c(Cl)c1. The highest BCUT2D eigenvalue weighted by Gasteiger charge is 2.33. The Hall–Kier alpha value is -1.99. The van der Waals surface area contributed by atoms with Crippen molar-refractivity contribution in [3.63, 3.8) is 0 Å². The molecule has 1 nitrogen and oxygen atoms in total. The van der Waals surface area contributed by atoms with Crippen molar-refractivity contribution in [1.29, 1.82) is 5.26 Å². The normalized spacial score (nSPS) is 11.1. The van der Waals surface area contributed by atoms with Crippen molar-refractivity contribution in [3.8, 4) is 17.2 Å². The van der Waals surface area contributed by atoms with E-state index in [0.29, 0.717) is 5.56 Å². The van der Waals surface area contributed by atoms with Crippen molar-refractivity contribution in [2.75, 3.05) is 0 Å². The molecule has 0 saturated heterocycles. The molecule has 0 fully saturated rings. The van der Waals surface area contributed by atoms with Crippen LogP contribution in [0.3, 0.4) is 0 Å². The Kier molecular flexibility index (Phi) is 3.50. The molecule has 0 aliphatic carbocycles. The quantitative estimate of drug-likeness (QED) is 0.729. The van der Waals surface area contributed by atoms with Crippen molar-refractivity contribution in [2.24, 2.45) is 0 Å². The number of nitrogens with zero attached hydrogens (tertiary/aromatic N) is 1. The maximum atomic E-state index is 12.9. The number of rotatable bonds is 1. The van der Waals surface area contributed by atoms with Gasteiger partial charge in [0.1, 0.15) is 0 Å². The van der Waals surface area contributed by atoms with Crippen LogP contribution < -0.4 is 0 Å². The van der Waals surface area contributed by atoms with E-state index in [0.717, 1.165) is 6.07 Å². The molecule has 96 valence electrons. The van der Waals surface area contributed by atoms with Crippen LogP contribution in [0.1, 0.15) is 11.1 Å². The minimum absolute atomic E-state index is 0.00416. The molecule has 0 spiro atoms. The summed E-state index contributed by atoms with van der Waals surface area (Å²) in [6, 6.07) is 11.3. The van der Waals surface area contributed by atoms with Gasteiger partial charge in [0.25, 0.3) is 0 Å². The Bertz CT molecular complexity index is 656. The van der Waals surface area contributed by atoms with Crippen molar-refractivity contribution < 1.29 is 13.2 Å². The fourth-order valence-corrected chi connectivity index (χ4v) is 2.05. The van der Waals surface area contributed by atoms with Gasteiger partial charge in [-0.25, -0.2) is 0 Å². The third-order valence-corrected chi connectivity index (χ3v) is 2.93. The molecule has 0 heterocycles. The third kappa shape index (κ3) is 2.72. The molecule has 0 amide bonds. The molecule has 2 aromatic carbocycles. The molecule has 0 unspecified atom stereocenters. The molecule has 0 bridgehead atoms. The zero-order chi connectivity index (χ0) is 14.0. The van der Waals surface area contributed by atoms with E-state index in [1.165, 1.54) is 36.4 Å². The predicted octanol–water partition coefficient (Wildman–Crippen LogP) is 4.90. The Morgan fingerprint density at radius 1 is 1.00 bits per heavy atom. The molecule has 19 heavy (non-hydrogen) atoms. The van der Waals surface area contributed by atoms with Gasteiger partial charge < -0.3 is 0 Å². The first-order valence-corrected chi connectivity index (χ1v) is 5.67. The lowest BCUT2D eigenvalue weighted by atomic mass is 9.98. The van der Waals surface area contributed by atoms with E-state index in [4.69, 9.17) is 16.9 Å². The summed E-state index contributed by atoms with van der Waals surface area (Å²) in [5.74, 6) is 0. The van der Waals surface area contributed by atoms with E-state index in [9.17, 15) is 13.2 Å². The summed E-state index contributed by atoms with van der Waals surface area (Å²) < 4.78 is 38.7. The van der Waals surface area contributed by atoms with Gasteiger partial charge in [-0.1, -0.05) is 35.9 Å². The largest absolute Gasteiger partial charge is 0.417 e. The van der Waals surface area contributed by atoms with Crippen LogP contribution in [0, 0.1) is 11.3 Å². The zero-order valence-electron chi connectivity index (χ0n) is 9.50. The van der Waals surface area contributed by atoms with Crippen LogP contribution in [0.2, 0.25) is 5.02 Å². The van der Waals surface area contributed by atoms with Gasteiger partial charge in [0.15, 0.2) is 0 Å². The van der Waals surface area contributed by atoms with Crippen LogP contribution in [-0.4, -0.2) is 0 Å². The number of halogens is 4. The van der Waals surface area contributed by atoms with Gasteiger partial charge in [0.2, 0.25) is 0 Å². The van der Waals surface area contributed by atoms with E-state index in [1.807, 2.05) is 6.07 Å². The molecule has 0 aliphatic rings.